The third-order valence-electron chi connectivity index (χ3n) is 6.64. The molecule has 0 atom stereocenters. The summed E-state index contributed by atoms with van der Waals surface area (Å²) in [5.41, 5.74) is 1.10. The van der Waals surface area contributed by atoms with Crippen LogP contribution in [0.4, 0.5) is 13.2 Å². The Labute approximate surface area is 170 Å². The zero-order chi connectivity index (χ0) is 20.9. The Bertz CT molecular complexity index is 680. The molecule has 3 rings (SSSR count). The lowest BCUT2D eigenvalue weighted by Crippen LogP contribution is -2.25. The van der Waals surface area contributed by atoms with E-state index in [1.54, 1.807) is 18.2 Å². The van der Waals surface area contributed by atoms with Gasteiger partial charge in [-0.2, -0.15) is 0 Å². The number of benzene rings is 1. The molecule has 6 heteroatoms. The minimum atomic E-state index is -4.65. The molecular formula is C23H29F3O3. The Kier molecular flexibility index (Phi) is 7.25. The second-order valence-electron chi connectivity index (χ2n) is 8.49. The van der Waals surface area contributed by atoms with Crippen LogP contribution in [-0.2, 0) is 4.79 Å². The Morgan fingerprint density at radius 2 is 1.52 bits per heavy atom. The van der Waals surface area contributed by atoms with E-state index in [0.29, 0.717) is 11.8 Å². The van der Waals surface area contributed by atoms with E-state index in [0.717, 1.165) is 36.7 Å². The van der Waals surface area contributed by atoms with Crippen LogP contribution in [0.1, 0.15) is 69.3 Å². The van der Waals surface area contributed by atoms with Crippen molar-refractivity contribution in [3.63, 3.8) is 0 Å². The lowest BCUT2D eigenvalue weighted by Gasteiger charge is -2.38. The first kappa shape index (κ1) is 21.7. The van der Waals surface area contributed by atoms with E-state index < -0.39 is 12.3 Å². The highest BCUT2D eigenvalue weighted by atomic mass is 19.4. The number of carboxylic acids is 1. The molecule has 2 saturated carbocycles. The van der Waals surface area contributed by atoms with Gasteiger partial charge in [0.2, 0.25) is 0 Å². The number of alkyl halides is 3. The van der Waals surface area contributed by atoms with Crippen molar-refractivity contribution < 1.29 is 27.8 Å². The zero-order valence-electron chi connectivity index (χ0n) is 16.5. The predicted octanol–water partition coefficient (Wildman–Crippen LogP) is 6.70. The minimum Gasteiger partial charge on any atom is -0.478 e. The molecule has 1 aromatic carbocycles. The lowest BCUT2D eigenvalue weighted by atomic mass is 9.68. The number of carboxylic acid groups (broad SMARTS) is 1. The molecular weight excluding hydrogens is 381 g/mol. The van der Waals surface area contributed by atoms with E-state index in [1.165, 1.54) is 56.7 Å². The number of aliphatic carboxylic acids is 1. The topological polar surface area (TPSA) is 46.5 Å². The molecule has 0 saturated heterocycles. The SMILES string of the molecule is O=C(O)/C=C/CC1CCC(C2CCC(c3ccc(OC(F)(F)F)cc3)CC2)CC1. The average Bonchev–Trinajstić information content (AvgIpc) is 2.68. The van der Waals surface area contributed by atoms with Gasteiger partial charge in [-0.25, -0.2) is 4.79 Å². The molecule has 1 N–H and O–H groups in total. The summed E-state index contributed by atoms with van der Waals surface area (Å²) < 4.78 is 40.8. The van der Waals surface area contributed by atoms with Crippen molar-refractivity contribution in [2.24, 2.45) is 17.8 Å². The predicted molar refractivity (Wildman–Crippen MR) is 105 cm³/mol. The summed E-state index contributed by atoms with van der Waals surface area (Å²) in [5.74, 6) is 1.50. The number of allylic oxidation sites excluding steroid dienone is 1. The van der Waals surface area contributed by atoms with E-state index in [9.17, 15) is 18.0 Å². The van der Waals surface area contributed by atoms with Crippen molar-refractivity contribution in [3.8, 4) is 5.75 Å². The first-order valence-electron chi connectivity index (χ1n) is 10.6. The van der Waals surface area contributed by atoms with Gasteiger partial charge in [0.25, 0.3) is 0 Å². The molecule has 0 unspecified atom stereocenters. The van der Waals surface area contributed by atoms with Crippen molar-refractivity contribution in [2.45, 2.75) is 70.1 Å². The van der Waals surface area contributed by atoms with Crippen molar-refractivity contribution in [1.29, 1.82) is 0 Å². The molecule has 0 spiro atoms. The number of halogens is 3. The quantitative estimate of drug-likeness (QED) is 0.531. The normalized spacial score (nSPS) is 28.4. The van der Waals surface area contributed by atoms with Gasteiger partial charge in [0.05, 0.1) is 0 Å². The van der Waals surface area contributed by atoms with Crippen LogP contribution in [0, 0.1) is 17.8 Å². The molecule has 2 aliphatic carbocycles. The molecule has 160 valence electrons. The highest BCUT2D eigenvalue weighted by molar-refractivity contribution is 5.79. The van der Waals surface area contributed by atoms with Gasteiger partial charge in [0.15, 0.2) is 0 Å². The van der Waals surface area contributed by atoms with Crippen LogP contribution in [0.5, 0.6) is 5.75 Å². The Morgan fingerprint density at radius 3 is 2.03 bits per heavy atom. The zero-order valence-corrected chi connectivity index (χ0v) is 16.5. The van der Waals surface area contributed by atoms with Crippen LogP contribution in [0.25, 0.3) is 0 Å². The van der Waals surface area contributed by atoms with Crippen molar-refractivity contribution in [1.82, 2.24) is 0 Å². The number of hydrogen-bond donors (Lipinski definition) is 1. The number of hydrogen-bond acceptors (Lipinski definition) is 2. The summed E-state index contributed by atoms with van der Waals surface area (Å²) in [5, 5.41) is 8.68. The molecule has 0 amide bonds. The maximum atomic E-state index is 12.3. The van der Waals surface area contributed by atoms with Crippen LogP contribution >= 0.6 is 0 Å². The summed E-state index contributed by atoms with van der Waals surface area (Å²) in [6.07, 6.45) is 8.58. The standard InChI is InChI=1S/C23H29F3O3/c24-23(25,26)29-21-14-12-20(13-15-21)19-10-8-18(9-11-19)17-6-4-16(5-7-17)2-1-3-22(27)28/h1,3,12-19H,2,4-11H2,(H,27,28)/b3-1+. The summed E-state index contributed by atoms with van der Waals surface area (Å²) in [7, 11) is 0. The fourth-order valence-electron chi connectivity index (χ4n) is 5.12. The fourth-order valence-corrected chi connectivity index (χ4v) is 5.12. The van der Waals surface area contributed by atoms with Crippen molar-refractivity contribution in [2.75, 3.05) is 0 Å². The maximum absolute atomic E-state index is 12.3. The summed E-state index contributed by atoms with van der Waals surface area (Å²) >= 11 is 0. The first-order chi connectivity index (χ1) is 13.8. The van der Waals surface area contributed by atoms with Gasteiger partial charge in [0, 0.05) is 6.08 Å². The summed E-state index contributed by atoms with van der Waals surface area (Å²) in [6, 6.07) is 6.35. The molecule has 0 aliphatic heterocycles. The van der Waals surface area contributed by atoms with E-state index in [4.69, 9.17) is 5.11 Å². The molecule has 29 heavy (non-hydrogen) atoms. The third-order valence-corrected chi connectivity index (χ3v) is 6.64. The largest absolute Gasteiger partial charge is 0.573 e. The summed E-state index contributed by atoms with van der Waals surface area (Å²) in [4.78, 5) is 10.6. The van der Waals surface area contributed by atoms with Crippen LogP contribution in [-0.4, -0.2) is 17.4 Å². The molecule has 0 heterocycles. The van der Waals surface area contributed by atoms with Crippen LogP contribution in [0.15, 0.2) is 36.4 Å². The first-order valence-corrected chi connectivity index (χ1v) is 10.6. The Morgan fingerprint density at radius 1 is 0.966 bits per heavy atom. The molecule has 0 aromatic heterocycles. The lowest BCUT2D eigenvalue weighted by molar-refractivity contribution is -0.274. The molecule has 2 aliphatic rings. The van der Waals surface area contributed by atoms with E-state index in [-0.39, 0.29) is 5.75 Å². The van der Waals surface area contributed by atoms with Crippen LogP contribution in [0.2, 0.25) is 0 Å². The molecule has 3 nitrogen and oxygen atoms in total. The Balaban J connectivity index is 1.42. The van der Waals surface area contributed by atoms with Crippen molar-refractivity contribution >= 4 is 5.97 Å². The van der Waals surface area contributed by atoms with Gasteiger partial charge < -0.3 is 9.84 Å². The second-order valence-corrected chi connectivity index (χ2v) is 8.49. The van der Waals surface area contributed by atoms with Gasteiger partial charge in [-0.3, -0.25) is 0 Å². The third kappa shape index (κ3) is 6.79. The van der Waals surface area contributed by atoms with E-state index >= 15 is 0 Å². The smallest absolute Gasteiger partial charge is 0.478 e. The fraction of sp³-hybridized carbons (Fsp3) is 0.609. The number of rotatable bonds is 6. The second kappa shape index (κ2) is 9.68. The van der Waals surface area contributed by atoms with E-state index in [2.05, 4.69) is 4.74 Å². The summed E-state index contributed by atoms with van der Waals surface area (Å²) in [6.45, 7) is 0. The van der Waals surface area contributed by atoms with Crippen LogP contribution < -0.4 is 4.74 Å². The van der Waals surface area contributed by atoms with Gasteiger partial charge >= 0.3 is 12.3 Å². The number of carbonyl (C=O) groups is 1. The van der Waals surface area contributed by atoms with Gasteiger partial charge in [0.1, 0.15) is 5.75 Å². The number of ether oxygens (including phenoxy) is 1. The van der Waals surface area contributed by atoms with Gasteiger partial charge in [-0.05, 0) is 99.2 Å². The average molecular weight is 410 g/mol. The molecule has 0 bridgehead atoms. The molecule has 2 fully saturated rings. The van der Waals surface area contributed by atoms with E-state index in [1.807, 2.05) is 0 Å². The Hall–Kier alpha value is -1.98. The minimum absolute atomic E-state index is 0.162. The van der Waals surface area contributed by atoms with Crippen molar-refractivity contribution in [3.05, 3.63) is 42.0 Å². The maximum Gasteiger partial charge on any atom is 0.573 e. The van der Waals surface area contributed by atoms with Gasteiger partial charge in [-0.1, -0.05) is 18.2 Å². The van der Waals surface area contributed by atoms with Gasteiger partial charge in [-0.15, -0.1) is 13.2 Å². The molecule has 0 radical (unpaired) electrons. The molecule has 1 aromatic rings. The van der Waals surface area contributed by atoms with Crippen LogP contribution in [0.3, 0.4) is 0 Å². The highest BCUT2D eigenvalue weighted by Gasteiger charge is 2.32. The monoisotopic (exact) mass is 410 g/mol. The highest BCUT2D eigenvalue weighted by Crippen LogP contribution is 2.44.